The standard InChI is InChI=1S/C22H23FN4O3S/c1-16-14-18(23)4-7-21(16)31(29,30)25-19-5-2-17(3-6-19)22(28)26-11-8-20(9-12-26)27-13-10-24-15-27/h2-7,10,13-15,20,25H,8-9,11-12H2,1H3. The maximum atomic E-state index is 13.3. The minimum Gasteiger partial charge on any atom is -0.338 e. The van der Waals surface area contributed by atoms with Crippen LogP contribution in [-0.2, 0) is 10.0 Å². The summed E-state index contributed by atoms with van der Waals surface area (Å²) in [5.74, 6) is -0.568. The fraction of sp³-hybridized carbons (Fsp3) is 0.273. The quantitative estimate of drug-likeness (QED) is 0.654. The number of sulfonamides is 1. The largest absolute Gasteiger partial charge is 0.338 e. The second-order valence-corrected chi connectivity index (χ2v) is 9.28. The topological polar surface area (TPSA) is 84.3 Å². The van der Waals surface area contributed by atoms with Crippen LogP contribution in [-0.4, -0.2) is 41.9 Å². The Kier molecular flexibility index (Phi) is 5.77. The zero-order valence-corrected chi connectivity index (χ0v) is 17.8. The van der Waals surface area contributed by atoms with E-state index < -0.39 is 15.8 Å². The average Bonchev–Trinajstić information content (AvgIpc) is 3.28. The summed E-state index contributed by atoms with van der Waals surface area (Å²) in [7, 11) is -3.86. The highest BCUT2D eigenvalue weighted by molar-refractivity contribution is 7.92. The van der Waals surface area contributed by atoms with Crippen LogP contribution in [0.2, 0.25) is 0 Å². The Hall–Kier alpha value is -3.20. The summed E-state index contributed by atoms with van der Waals surface area (Å²) < 4.78 is 43.1. The zero-order valence-electron chi connectivity index (χ0n) is 17.0. The predicted octanol–water partition coefficient (Wildman–Crippen LogP) is 3.61. The number of imidazole rings is 1. The number of aryl methyl sites for hydroxylation is 1. The molecule has 1 fully saturated rings. The molecular formula is C22H23FN4O3S. The normalized spacial score (nSPS) is 15.1. The molecule has 7 nitrogen and oxygen atoms in total. The van der Waals surface area contributed by atoms with Crippen LogP contribution in [0.3, 0.4) is 0 Å². The van der Waals surface area contributed by atoms with Gasteiger partial charge < -0.3 is 9.47 Å². The lowest BCUT2D eigenvalue weighted by Crippen LogP contribution is -2.38. The van der Waals surface area contributed by atoms with Crippen LogP contribution < -0.4 is 4.72 Å². The first kappa shape index (κ1) is 21.0. The molecule has 162 valence electrons. The Morgan fingerprint density at radius 2 is 1.84 bits per heavy atom. The molecule has 1 aromatic heterocycles. The van der Waals surface area contributed by atoms with E-state index in [1.165, 1.54) is 19.1 Å². The van der Waals surface area contributed by atoms with Crippen molar-refractivity contribution in [2.24, 2.45) is 0 Å². The number of amides is 1. The number of aromatic nitrogens is 2. The van der Waals surface area contributed by atoms with E-state index in [2.05, 4.69) is 14.3 Å². The van der Waals surface area contributed by atoms with E-state index >= 15 is 0 Å². The van der Waals surface area contributed by atoms with E-state index in [-0.39, 0.29) is 10.8 Å². The number of hydrogen-bond donors (Lipinski definition) is 1. The van der Waals surface area contributed by atoms with Gasteiger partial charge in [-0.3, -0.25) is 9.52 Å². The van der Waals surface area contributed by atoms with Gasteiger partial charge in [-0.1, -0.05) is 0 Å². The number of rotatable bonds is 5. The zero-order chi connectivity index (χ0) is 22.0. The van der Waals surface area contributed by atoms with Crippen molar-refractivity contribution in [2.45, 2.75) is 30.7 Å². The van der Waals surface area contributed by atoms with Gasteiger partial charge in [0.05, 0.1) is 11.2 Å². The molecule has 2 heterocycles. The molecule has 4 rings (SSSR count). The lowest BCUT2D eigenvalue weighted by atomic mass is 10.0. The van der Waals surface area contributed by atoms with Gasteiger partial charge in [0.1, 0.15) is 5.82 Å². The predicted molar refractivity (Wildman–Crippen MR) is 115 cm³/mol. The number of anilines is 1. The van der Waals surface area contributed by atoms with Crippen molar-refractivity contribution in [1.29, 1.82) is 0 Å². The third-order valence-corrected chi connectivity index (χ3v) is 7.05. The molecule has 0 radical (unpaired) electrons. The Morgan fingerprint density at radius 3 is 2.45 bits per heavy atom. The van der Waals surface area contributed by atoms with Crippen LogP contribution in [0.5, 0.6) is 0 Å². The molecule has 0 spiro atoms. The van der Waals surface area contributed by atoms with E-state index in [4.69, 9.17) is 0 Å². The third-order valence-electron chi connectivity index (χ3n) is 5.51. The molecule has 1 saturated heterocycles. The number of carbonyl (C=O) groups is 1. The highest BCUT2D eigenvalue weighted by Crippen LogP contribution is 2.24. The summed E-state index contributed by atoms with van der Waals surface area (Å²) in [5, 5.41) is 0. The van der Waals surface area contributed by atoms with E-state index in [0.29, 0.717) is 35.9 Å². The Bertz CT molecular complexity index is 1170. The first-order chi connectivity index (χ1) is 14.8. The van der Waals surface area contributed by atoms with E-state index in [1.807, 2.05) is 11.1 Å². The SMILES string of the molecule is Cc1cc(F)ccc1S(=O)(=O)Nc1ccc(C(=O)N2CCC(n3ccnc3)CC2)cc1. The van der Waals surface area contributed by atoms with Crippen molar-refractivity contribution in [1.82, 2.24) is 14.5 Å². The smallest absolute Gasteiger partial charge is 0.262 e. The minimum absolute atomic E-state index is 0.00909. The number of halogens is 1. The molecule has 1 amide bonds. The molecule has 0 atom stereocenters. The summed E-state index contributed by atoms with van der Waals surface area (Å²) in [6.07, 6.45) is 7.21. The number of piperidine rings is 1. The van der Waals surface area contributed by atoms with Gasteiger partial charge in [0, 0.05) is 42.8 Å². The number of hydrogen-bond acceptors (Lipinski definition) is 4. The summed E-state index contributed by atoms with van der Waals surface area (Å²) in [6.45, 7) is 2.84. The molecule has 1 aliphatic heterocycles. The van der Waals surface area contributed by atoms with Crippen molar-refractivity contribution in [3.05, 3.63) is 78.1 Å². The maximum Gasteiger partial charge on any atom is 0.262 e. The second-order valence-electron chi connectivity index (χ2n) is 7.63. The van der Waals surface area contributed by atoms with E-state index in [0.717, 1.165) is 18.9 Å². The van der Waals surface area contributed by atoms with Gasteiger partial charge in [-0.15, -0.1) is 0 Å². The number of benzene rings is 2. The first-order valence-corrected chi connectivity index (χ1v) is 11.5. The van der Waals surface area contributed by atoms with Crippen LogP contribution in [0, 0.1) is 12.7 Å². The molecule has 0 aliphatic carbocycles. The van der Waals surface area contributed by atoms with Gasteiger partial charge in [0.2, 0.25) is 0 Å². The molecule has 3 aromatic rings. The molecule has 31 heavy (non-hydrogen) atoms. The van der Waals surface area contributed by atoms with Gasteiger partial charge in [-0.05, 0) is 67.8 Å². The second kappa shape index (κ2) is 8.50. The van der Waals surface area contributed by atoms with Gasteiger partial charge in [0.25, 0.3) is 15.9 Å². The first-order valence-electron chi connectivity index (χ1n) is 9.99. The lowest BCUT2D eigenvalue weighted by molar-refractivity contribution is 0.0694. The number of nitrogens with zero attached hydrogens (tertiary/aromatic N) is 3. The van der Waals surface area contributed by atoms with Crippen LogP contribution in [0.4, 0.5) is 10.1 Å². The Balaban J connectivity index is 1.40. The molecule has 2 aromatic carbocycles. The third kappa shape index (κ3) is 4.61. The number of carbonyl (C=O) groups excluding carboxylic acids is 1. The van der Waals surface area contributed by atoms with Crippen LogP contribution in [0.25, 0.3) is 0 Å². The molecule has 1 aliphatic rings. The monoisotopic (exact) mass is 442 g/mol. The van der Waals surface area contributed by atoms with Gasteiger partial charge in [-0.25, -0.2) is 17.8 Å². The molecule has 0 unspecified atom stereocenters. The summed E-state index contributed by atoms with van der Waals surface area (Å²) in [5.41, 5.74) is 1.15. The Labute approximate surface area is 180 Å². The van der Waals surface area contributed by atoms with E-state index in [9.17, 15) is 17.6 Å². The van der Waals surface area contributed by atoms with Crippen molar-refractivity contribution in [3.8, 4) is 0 Å². The average molecular weight is 443 g/mol. The molecular weight excluding hydrogens is 419 g/mol. The van der Waals surface area contributed by atoms with Crippen molar-refractivity contribution in [2.75, 3.05) is 17.8 Å². The molecule has 1 N–H and O–H groups in total. The highest BCUT2D eigenvalue weighted by Gasteiger charge is 2.24. The lowest BCUT2D eigenvalue weighted by Gasteiger charge is -2.32. The number of likely N-dealkylation sites (tertiary alicyclic amines) is 1. The fourth-order valence-electron chi connectivity index (χ4n) is 3.84. The molecule has 9 heteroatoms. The molecule has 0 saturated carbocycles. The summed E-state index contributed by atoms with van der Waals surface area (Å²) in [6, 6.07) is 10.2. The van der Waals surface area contributed by atoms with Gasteiger partial charge in [0.15, 0.2) is 0 Å². The minimum atomic E-state index is -3.86. The van der Waals surface area contributed by atoms with Crippen molar-refractivity contribution in [3.63, 3.8) is 0 Å². The summed E-state index contributed by atoms with van der Waals surface area (Å²) >= 11 is 0. The van der Waals surface area contributed by atoms with Crippen LogP contribution in [0.1, 0.15) is 34.8 Å². The number of nitrogens with one attached hydrogen (secondary N) is 1. The fourth-order valence-corrected chi connectivity index (χ4v) is 5.13. The van der Waals surface area contributed by atoms with Crippen LogP contribution in [0.15, 0.2) is 66.1 Å². The van der Waals surface area contributed by atoms with Crippen molar-refractivity contribution < 1.29 is 17.6 Å². The van der Waals surface area contributed by atoms with Gasteiger partial charge >= 0.3 is 0 Å². The van der Waals surface area contributed by atoms with E-state index in [1.54, 1.807) is 36.8 Å². The maximum absolute atomic E-state index is 13.3. The highest BCUT2D eigenvalue weighted by atomic mass is 32.2. The Morgan fingerprint density at radius 1 is 1.13 bits per heavy atom. The van der Waals surface area contributed by atoms with Gasteiger partial charge in [-0.2, -0.15) is 0 Å². The summed E-state index contributed by atoms with van der Waals surface area (Å²) in [4.78, 5) is 18.7. The van der Waals surface area contributed by atoms with Crippen molar-refractivity contribution >= 4 is 21.6 Å². The molecule has 0 bridgehead atoms. The van der Waals surface area contributed by atoms with Crippen LogP contribution >= 0.6 is 0 Å².